The summed E-state index contributed by atoms with van der Waals surface area (Å²) in [6, 6.07) is 10.3. The minimum Gasteiger partial charge on any atom is -0.376 e. The molecule has 1 saturated heterocycles. The lowest BCUT2D eigenvalue weighted by molar-refractivity contribution is -0.137. The number of Topliss-reactive ketones (excluding diaryl/α,β-unsaturated/α-hetero) is 1. The molecule has 1 fully saturated rings. The summed E-state index contributed by atoms with van der Waals surface area (Å²) in [5, 5.41) is 8.78. The lowest BCUT2D eigenvalue weighted by Gasteiger charge is -2.15. The Morgan fingerprint density at radius 3 is 2.71 bits per heavy atom. The lowest BCUT2D eigenvalue weighted by Crippen LogP contribution is -2.17. The van der Waals surface area contributed by atoms with E-state index in [1.165, 1.54) is 10.6 Å². The number of hydrogen-bond donors (Lipinski definition) is 0. The Bertz CT molecular complexity index is 1440. The van der Waals surface area contributed by atoms with Gasteiger partial charge in [0.25, 0.3) is 0 Å². The van der Waals surface area contributed by atoms with Gasteiger partial charge in [0, 0.05) is 48.1 Å². The minimum absolute atomic E-state index is 0.0500. The van der Waals surface area contributed by atoms with Gasteiger partial charge < -0.3 is 9.30 Å². The molecule has 0 spiro atoms. The summed E-state index contributed by atoms with van der Waals surface area (Å²) in [7, 11) is 0. The van der Waals surface area contributed by atoms with Gasteiger partial charge >= 0.3 is 6.18 Å². The summed E-state index contributed by atoms with van der Waals surface area (Å²) in [5.41, 5.74) is 2.52. The average molecular weight is 542 g/mol. The number of ether oxygens (including phenoxy) is 1. The molecule has 0 N–H and O–H groups in total. The fourth-order valence-corrected chi connectivity index (χ4v) is 5.50. The largest absolute Gasteiger partial charge is 0.416 e. The lowest BCUT2D eigenvalue weighted by atomic mass is 10.2. The van der Waals surface area contributed by atoms with Crippen LogP contribution in [0.3, 0.4) is 0 Å². The summed E-state index contributed by atoms with van der Waals surface area (Å²) in [6.07, 6.45) is 0.845. The second kappa shape index (κ2) is 10.7. The molecule has 0 aliphatic carbocycles. The number of pyridine rings is 1. The Balaban J connectivity index is 1.43. The van der Waals surface area contributed by atoms with Gasteiger partial charge in [-0.3, -0.25) is 14.3 Å². The van der Waals surface area contributed by atoms with Crippen LogP contribution in [0.15, 0.2) is 60.0 Å². The zero-order valence-electron chi connectivity index (χ0n) is 20.9. The van der Waals surface area contributed by atoms with E-state index in [-0.39, 0.29) is 23.3 Å². The molecular formula is C27H26F3N5O2S. The van der Waals surface area contributed by atoms with Crippen molar-refractivity contribution in [2.45, 2.75) is 50.7 Å². The van der Waals surface area contributed by atoms with E-state index in [2.05, 4.69) is 19.7 Å². The predicted octanol–water partition coefficient (Wildman–Crippen LogP) is 5.92. The van der Waals surface area contributed by atoms with Crippen LogP contribution >= 0.6 is 11.8 Å². The first-order valence-electron chi connectivity index (χ1n) is 12.2. The van der Waals surface area contributed by atoms with Crippen LogP contribution in [0.25, 0.3) is 17.1 Å². The number of carbonyl (C=O) groups excluding carboxylic acids is 1. The topological polar surface area (TPSA) is 74.8 Å². The Labute approximate surface area is 222 Å². The molecule has 38 heavy (non-hydrogen) atoms. The Kier molecular flexibility index (Phi) is 7.40. The van der Waals surface area contributed by atoms with Crippen molar-refractivity contribution in [1.29, 1.82) is 0 Å². The van der Waals surface area contributed by atoms with Gasteiger partial charge in [-0.2, -0.15) is 13.2 Å². The molecule has 1 aromatic carbocycles. The van der Waals surface area contributed by atoms with Crippen molar-refractivity contribution >= 4 is 17.5 Å². The number of nitrogens with zero attached hydrogens (tertiary/aromatic N) is 5. The van der Waals surface area contributed by atoms with Crippen LogP contribution in [0.4, 0.5) is 13.2 Å². The summed E-state index contributed by atoms with van der Waals surface area (Å²) < 4.78 is 49.8. The highest BCUT2D eigenvalue weighted by Gasteiger charge is 2.31. The van der Waals surface area contributed by atoms with E-state index in [1.54, 1.807) is 30.6 Å². The van der Waals surface area contributed by atoms with Gasteiger partial charge in [0.2, 0.25) is 0 Å². The number of hydrogen-bond acceptors (Lipinski definition) is 6. The maximum absolute atomic E-state index is 13.5. The molecular weight excluding hydrogens is 515 g/mol. The van der Waals surface area contributed by atoms with E-state index in [0.717, 1.165) is 54.7 Å². The molecule has 0 unspecified atom stereocenters. The third kappa shape index (κ3) is 5.39. The van der Waals surface area contributed by atoms with Crippen molar-refractivity contribution in [2.24, 2.45) is 0 Å². The van der Waals surface area contributed by atoms with Crippen LogP contribution in [0, 0.1) is 13.8 Å². The van der Waals surface area contributed by atoms with Crippen molar-refractivity contribution in [3.05, 3.63) is 77.4 Å². The van der Waals surface area contributed by atoms with Crippen molar-refractivity contribution in [3.63, 3.8) is 0 Å². The molecule has 0 amide bonds. The number of benzene rings is 1. The molecule has 3 aromatic heterocycles. The number of ketones is 1. The zero-order valence-corrected chi connectivity index (χ0v) is 21.7. The summed E-state index contributed by atoms with van der Waals surface area (Å²) >= 11 is 1.13. The molecule has 1 atom stereocenters. The van der Waals surface area contributed by atoms with Gasteiger partial charge in [-0.15, -0.1) is 10.2 Å². The number of aryl methyl sites for hydroxylation is 1. The van der Waals surface area contributed by atoms with Crippen LogP contribution < -0.4 is 0 Å². The molecule has 11 heteroatoms. The number of aromatic nitrogens is 5. The van der Waals surface area contributed by atoms with Crippen LogP contribution in [0.5, 0.6) is 0 Å². The summed E-state index contributed by atoms with van der Waals surface area (Å²) in [4.78, 5) is 17.4. The normalized spacial score (nSPS) is 15.8. The first-order chi connectivity index (χ1) is 18.2. The Morgan fingerprint density at radius 2 is 2.00 bits per heavy atom. The highest BCUT2D eigenvalue weighted by atomic mass is 32.2. The van der Waals surface area contributed by atoms with E-state index >= 15 is 0 Å². The molecule has 198 valence electrons. The molecule has 4 aromatic rings. The molecule has 0 saturated carbocycles. The molecule has 5 rings (SSSR count). The van der Waals surface area contributed by atoms with Gasteiger partial charge in [-0.25, -0.2) is 0 Å². The van der Waals surface area contributed by atoms with E-state index < -0.39 is 11.7 Å². The van der Waals surface area contributed by atoms with Crippen LogP contribution in [-0.2, 0) is 17.5 Å². The van der Waals surface area contributed by atoms with Gasteiger partial charge in [0.1, 0.15) is 0 Å². The van der Waals surface area contributed by atoms with Gasteiger partial charge in [0.15, 0.2) is 16.8 Å². The number of halogens is 3. The molecule has 0 bridgehead atoms. The number of rotatable bonds is 8. The number of thioether (sulfide) groups is 1. The molecule has 1 aliphatic heterocycles. The van der Waals surface area contributed by atoms with Crippen LogP contribution in [-0.4, -0.2) is 48.6 Å². The monoisotopic (exact) mass is 541 g/mol. The van der Waals surface area contributed by atoms with Crippen LogP contribution in [0.2, 0.25) is 0 Å². The highest BCUT2D eigenvalue weighted by Crippen LogP contribution is 2.33. The van der Waals surface area contributed by atoms with E-state index in [0.29, 0.717) is 28.7 Å². The molecule has 4 heterocycles. The third-order valence-corrected chi connectivity index (χ3v) is 7.53. The van der Waals surface area contributed by atoms with Gasteiger partial charge in [-0.05, 0) is 63.1 Å². The second-order valence-corrected chi connectivity index (χ2v) is 10.1. The van der Waals surface area contributed by atoms with Gasteiger partial charge in [-0.1, -0.05) is 17.8 Å². The predicted molar refractivity (Wildman–Crippen MR) is 138 cm³/mol. The number of alkyl halides is 3. The van der Waals surface area contributed by atoms with Crippen molar-refractivity contribution in [2.75, 3.05) is 12.4 Å². The molecule has 7 nitrogen and oxygen atoms in total. The van der Waals surface area contributed by atoms with Crippen molar-refractivity contribution in [3.8, 4) is 17.1 Å². The standard InChI is InChI=1S/C27H26F3N5O2S/c1-17-12-23(18(2)34(17)15-22-9-5-11-37-22)24(36)16-38-26-33-32-25(19-6-4-10-31-14-19)35(26)21-8-3-7-20(13-21)27(28,29)30/h3-4,6-8,10,12-14,22H,5,9,11,15-16H2,1-2H3/t22-/m0/s1. The number of carbonyl (C=O) groups is 1. The fourth-order valence-electron chi connectivity index (χ4n) is 4.66. The maximum atomic E-state index is 13.5. The van der Waals surface area contributed by atoms with Crippen LogP contribution in [0.1, 0.15) is 40.2 Å². The first-order valence-corrected chi connectivity index (χ1v) is 13.2. The average Bonchev–Trinajstić information content (AvgIpc) is 3.64. The van der Waals surface area contributed by atoms with E-state index in [9.17, 15) is 18.0 Å². The van der Waals surface area contributed by atoms with E-state index in [1.807, 2.05) is 19.9 Å². The van der Waals surface area contributed by atoms with Crippen molar-refractivity contribution in [1.82, 2.24) is 24.3 Å². The highest BCUT2D eigenvalue weighted by molar-refractivity contribution is 7.99. The quantitative estimate of drug-likeness (QED) is 0.204. The summed E-state index contributed by atoms with van der Waals surface area (Å²) in [5.74, 6) is 0.291. The zero-order chi connectivity index (χ0) is 26.9. The molecule has 0 radical (unpaired) electrons. The Morgan fingerprint density at radius 1 is 1.16 bits per heavy atom. The smallest absolute Gasteiger partial charge is 0.376 e. The van der Waals surface area contributed by atoms with Gasteiger partial charge in [0.05, 0.1) is 23.1 Å². The molecule has 1 aliphatic rings. The fraction of sp³-hybridized carbons (Fsp3) is 0.333. The Hall–Kier alpha value is -3.44. The summed E-state index contributed by atoms with van der Waals surface area (Å²) in [6.45, 7) is 5.36. The maximum Gasteiger partial charge on any atom is 0.416 e. The third-order valence-electron chi connectivity index (χ3n) is 6.60. The van der Waals surface area contributed by atoms with Crippen molar-refractivity contribution < 1.29 is 22.7 Å². The first kappa shape index (κ1) is 26.2. The minimum atomic E-state index is -4.51. The second-order valence-electron chi connectivity index (χ2n) is 9.17. The van der Waals surface area contributed by atoms with E-state index in [4.69, 9.17) is 4.74 Å². The SMILES string of the molecule is Cc1cc(C(=O)CSc2nnc(-c3cccnc3)n2-c2cccc(C(F)(F)F)c2)c(C)n1C[C@@H]1CCCO1.